The summed E-state index contributed by atoms with van der Waals surface area (Å²) in [5.41, 5.74) is 2.85. The first-order valence-electron chi connectivity index (χ1n) is 20.4. The predicted molar refractivity (Wildman–Crippen MR) is 216 cm³/mol. The Morgan fingerprint density at radius 1 is 0.339 bits per heavy atom. The molecular weight excluding hydrogens is 776 g/mol. The number of aliphatic hydroxyl groups excluding tert-OH is 3. The summed E-state index contributed by atoms with van der Waals surface area (Å²) in [7, 11) is 0. The maximum absolute atomic E-state index is 8.73. The van der Waals surface area contributed by atoms with Gasteiger partial charge in [-0.1, -0.05) is 18.2 Å². The lowest BCUT2D eigenvalue weighted by molar-refractivity contribution is -0.00787. The molecule has 0 atom stereocenters. The fraction of sp³-hybridized carbons (Fsp3) is 0.714. The molecule has 0 unspecified atom stereocenters. The van der Waals surface area contributed by atoms with Crippen LogP contribution in [0.3, 0.4) is 0 Å². The number of benzene rings is 2. The average molecular weight is 846 g/mol. The number of hydrogen-bond donors (Lipinski definition) is 3. The molecular formula is C42H69O17. The first-order valence-corrected chi connectivity index (χ1v) is 20.4. The Morgan fingerprint density at radius 2 is 0.661 bits per heavy atom. The third-order valence-corrected chi connectivity index (χ3v) is 7.74. The van der Waals surface area contributed by atoms with Gasteiger partial charge in [0.1, 0.15) is 24.7 Å². The molecule has 17 heteroatoms. The normalized spacial score (nSPS) is 11.4. The molecule has 0 aliphatic heterocycles. The maximum atomic E-state index is 8.73. The molecule has 2 rings (SSSR count). The Kier molecular flexibility index (Phi) is 36.4. The topological polar surface area (TPSA) is 190 Å². The Bertz CT molecular complexity index is 1180. The van der Waals surface area contributed by atoms with E-state index in [4.69, 9.17) is 81.6 Å². The quantitative estimate of drug-likeness (QED) is 0.0815. The van der Waals surface area contributed by atoms with Crippen molar-refractivity contribution in [3.05, 3.63) is 48.0 Å². The molecule has 0 amide bonds. The molecule has 1 radical (unpaired) electrons. The number of hydrogen-bond acceptors (Lipinski definition) is 17. The summed E-state index contributed by atoms with van der Waals surface area (Å²) in [5, 5.41) is 26.1. The van der Waals surface area contributed by atoms with Gasteiger partial charge in [-0.05, 0) is 35.4 Å². The van der Waals surface area contributed by atoms with Crippen molar-refractivity contribution in [2.45, 2.75) is 6.42 Å². The summed E-state index contributed by atoms with van der Waals surface area (Å²) in [6, 6.07) is 15.0. The van der Waals surface area contributed by atoms with Crippen molar-refractivity contribution in [3.8, 4) is 22.6 Å². The predicted octanol–water partition coefficient (Wildman–Crippen LogP) is 1.63. The summed E-state index contributed by atoms with van der Waals surface area (Å²) in [6.07, 6.45) is 0.593. The van der Waals surface area contributed by atoms with Crippen LogP contribution >= 0.6 is 0 Å². The minimum atomic E-state index is -0.000698. The van der Waals surface area contributed by atoms with Gasteiger partial charge in [-0.2, -0.15) is 0 Å². The Hall–Kier alpha value is -2.56. The standard InChI is InChI=1S/C42H69O17/c43-9-13-47-17-21-51-25-24-50-20-16-46-12-8-41-40(2-1-3-42(41)59-37-35-57-33-31-55-29-27-53-23-19-49-15-11-45)38-4-6-39(7-5-38)58-36-34-56-32-30-54-28-26-52-22-18-48-14-10-44/h1,3-7,43-45H,8-37H2. The van der Waals surface area contributed by atoms with Crippen LogP contribution in [0.5, 0.6) is 11.5 Å². The molecule has 2 aromatic carbocycles. The second-order valence-electron chi connectivity index (χ2n) is 12.2. The van der Waals surface area contributed by atoms with Crippen LogP contribution in [0.15, 0.2) is 36.4 Å². The molecule has 3 N–H and O–H groups in total. The van der Waals surface area contributed by atoms with E-state index in [1.165, 1.54) is 0 Å². The average Bonchev–Trinajstić information content (AvgIpc) is 3.26. The van der Waals surface area contributed by atoms with E-state index in [1.807, 2.05) is 36.4 Å². The van der Waals surface area contributed by atoms with E-state index >= 15 is 0 Å². The second kappa shape index (κ2) is 40.8. The van der Waals surface area contributed by atoms with Crippen molar-refractivity contribution >= 4 is 0 Å². The van der Waals surface area contributed by atoms with Gasteiger partial charge in [0.05, 0.1) is 178 Å². The number of ether oxygens (including phenoxy) is 14. The van der Waals surface area contributed by atoms with Crippen molar-refractivity contribution < 1.29 is 81.6 Å². The van der Waals surface area contributed by atoms with Gasteiger partial charge in [0.2, 0.25) is 0 Å². The molecule has 0 aromatic heterocycles. The summed E-state index contributed by atoms with van der Waals surface area (Å²) < 4.78 is 77.7. The Balaban J connectivity index is 1.75. The summed E-state index contributed by atoms with van der Waals surface area (Å²) in [4.78, 5) is 0. The van der Waals surface area contributed by atoms with E-state index in [1.54, 1.807) is 0 Å². The molecule has 0 fully saturated rings. The number of rotatable bonds is 45. The lowest BCUT2D eigenvalue weighted by Crippen LogP contribution is -2.15. The van der Waals surface area contributed by atoms with Crippen LogP contribution in [0.4, 0.5) is 0 Å². The van der Waals surface area contributed by atoms with Gasteiger partial charge in [0, 0.05) is 12.0 Å². The minimum Gasteiger partial charge on any atom is -0.491 e. The van der Waals surface area contributed by atoms with Crippen LogP contribution in [0.1, 0.15) is 5.56 Å². The minimum absolute atomic E-state index is 0.000698. The lowest BCUT2D eigenvalue weighted by Gasteiger charge is -2.17. The Morgan fingerprint density at radius 3 is 1.03 bits per heavy atom. The molecule has 0 heterocycles. The van der Waals surface area contributed by atoms with Crippen molar-refractivity contribution in [2.75, 3.05) is 192 Å². The van der Waals surface area contributed by atoms with E-state index in [-0.39, 0.29) is 19.8 Å². The van der Waals surface area contributed by atoms with Crippen LogP contribution < -0.4 is 9.47 Å². The zero-order valence-corrected chi connectivity index (χ0v) is 34.7. The lowest BCUT2D eigenvalue weighted by atomic mass is 9.97. The van der Waals surface area contributed by atoms with Crippen LogP contribution in [0.25, 0.3) is 11.1 Å². The SMILES string of the molecule is OCCOCCOCCOCCOCCOc1ccc(-c2[c]ccc(OCCOCCOCCOCCOCCO)c2CCOCCOCCOCCOCCO)cc1. The Labute approximate surface area is 349 Å². The van der Waals surface area contributed by atoms with Crippen molar-refractivity contribution in [2.24, 2.45) is 0 Å². The van der Waals surface area contributed by atoms with Gasteiger partial charge in [0.25, 0.3) is 0 Å². The van der Waals surface area contributed by atoms with Crippen LogP contribution in [-0.4, -0.2) is 207 Å². The molecule has 0 spiro atoms. The summed E-state index contributed by atoms with van der Waals surface area (Å²) >= 11 is 0. The highest BCUT2D eigenvalue weighted by molar-refractivity contribution is 5.70. The van der Waals surface area contributed by atoms with E-state index in [0.717, 1.165) is 28.2 Å². The van der Waals surface area contributed by atoms with Gasteiger partial charge in [-0.3, -0.25) is 0 Å². The monoisotopic (exact) mass is 845 g/mol. The van der Waals surface area contributed by atoms with Gasteiger partial charge >= 0.3 is 0 Å². The smallest absolute Gasteiger partial charge is 0.123 e. The molecule has 17 nitrogen and oxygen atoms in total. The largest absolute Gasteiger partial charge is 0.491 e. The third kappa shape index (κ3) is 30.2. The van der Waals surface area contributed by atoms with Crippen molar-refractivity contribution in [1.82, 2.24) is 0 Å². The number of aliphatic hydroxyl groups is 3. The van der Waals surface area contributed by atoms with E-state index in [0.29, 0.717) is 178 Å². The van der Waals surface area contributed by atoms with Crippen LogP contribution in [0, 0.1) is 6.07 Å². The fourth-order valence-electron chi connectivity index (χ4n) is 4.95. The summed E-state index contributed by atoms with van der Waals surface area (Å²) in [5.74, 6) is 1.46. The second-order valence-corrected chi connectivity index (χ2v) is 12.2. The molecule has 0 aliphatic rings. The molecule has 0 bridgehead atoms. The van der Waals surface area contributed by atoms with Gasteiger partial charge in [0.15, 0.2) is 0 Å². The zero-order valence-electron chi connectivity index (χ0n) is 34.7. The van der Waals surface area contributed by atoms with Crippen molar-refractivity contribution in [1.29, 1.82) is 0 Å². The molecule has 0 aliphatic carbocycles. The highest BCUT2D eigenvalue weighted by Gasteiger charge is 2.13. The molecule has 0 saturated heterocycles. The van der Waals surface area contributed by atoms with Crippen LogP contribution in [-0.2, 0) is 63.3 Å². The molecule has 0 saturated carbocycles. The highest BCUT2D eigenvalue weighted by Crippen LogP contribution is 2.32. The van der Waals surface area contributed by atoms with E-state index in [9.17, 15) is 0 Å². The first-order chi connectivity index (χ1) is 29.3. The summed E-state index contributed by atoms with van der Waals surface area (Å²) in [6.45, 7) is 11.1. The molecule has 59 heavy (non-hydrogen) atoms. The van der Waals surface area contributed by atoms with E-state index in [2.05, 4.69) is 6.07 Å². The van der Waals surface area contributed by atoms with Gasteiger partial charge in [-0.25, -0.2) is 0 Å². The van der Waals surface area contributed by atoms with Gasteiger partial charge < -0.3 is 81.6 Å². The van der Waals surface area contributed by atoms with Crippen molar-refractivity contribution in [3.63, 3.8) is 0 Å². The first kappa shape index (κ1) is 52.6. The maximum Gasteiger partial charge on any atom is 0.123 e. The zero-order chi connectivity index (χ0) is 41.9. The molecule has 339 valence electrons. The third-order valence-electron chi connectivity index (χ3n) is 7.74. The van der Waals surface area contributed by atoms with E-state index < -0.39 is 0 Å². The fourth-order valence-corrected chi connectivity index (χ4v) is 4.95. The van der Waals surface area contributed by atoms with Gasteiger partial charge in [-0.15, -0.1) is 0 Å². The van der Waals surface area contributed by atoms with Crippen LogP contribution in [0.2, 0.25) is 0 Å². The highest BCUT2D eigenvalue weighted by atomic mass is 16.6. The molecule has 2 aromatic rings.